The molecular formula is C20H20N2O3. The maximum Gasteiger partial charge on any atom is 0.333 e. The Kier molecular flexibility index (Phi) is 3.92. The van der Waals surface area contributed by atoms with Gasteiger partial charge in [0.2, 0.25) is 0 Å². The molecule has 2 N–H and O–H groups in total. The van der Waals surface area contributed by atoms with Crippen molar-refractivity contribution >= 4 is 23.1 Å². The van der Waals surface area contributed by atoms with Crippen molar-refractivity contribution in [3.05, 3.63) is 58.8 Å². The highest BCUT2D eigenvalue weighted by molar-refractivity contribution is 6.31. The highest BCUT2D eigenvalue weighted by Crippen LogP contribution is 2.38. The lowest BCUT2D eigenvalue weighted by atomic mass is 9.90. The van der Waals surface area contributed by atoms with Crippen LogP contribution in [-0.2, 0) is 14.3 Å². The van der Waals surface area contributed by atoms with Crippen molar-refractivity contribution < 1.29 is 14.3 Å². The zero-order chi connectivity index (χ0) is 17.4. The Labute approximate surface area is 146 Å². The average molecular weight is 336 g/mol. The molecule has 0 saturated carbocycles. The number of nitrogens with one attached hydrogen (secondary N) is 2. The number of benzene rings is 1. The van der Waals surface area contributed by atoms with Gasteiger partial charge in [-0.25, -0.2) is 4.79 Å². The van der Waals surface area contributed by atoms with Gasteiger partial charge in [-0.15, -0.1) is 0 Å². The molecule has 0 fully saturated rings. The molecular weight excluding hydrogens is 316 g/mol. The zero-order valence-corrected chi connectivity index (χ0v) is 14.1. The lowest BCUT2D eigenvalue weighted by Gasteiger charge is -2.16. The predicted molar refractivity (Wildman–Crippen MR) is 95.6 cm³/mol. The van der Waals surface area contributed by atoms with Gasteiger partial charge < -0.3 is 15.4 Å². The Morgan fingerprint density at radius 2 is 2.20 bits per heavy atom. The van der Waals surface area contributed by atoms with E-state index in [0.29, 0.717) is 12.2 Å². The summed E-state index contributed by atoms with van der Waals surface area (Å²) in [5.41, 5.74) is 5.31. The Hall–Kier alpha value is -2.82. The summed E-state index contributed by atoms with van der Waals surface area (Å²) in [5.74, 6) is -0.380. The molecule has 3 aliphatic rings. The van der Waals surface area contributed by atoms with Crippen LogP contribution in [0.15, 0.2) is 53.3 Å². The molecule has 1 atom stereocenters. The Bertz CT molecular complexity index is 848. The minimum absolute atomic E-state index is 0.114. The fourth-order valence-corrected chi connectivity index (χ4v) is 3.67. The van der Waals surface area contributed by atoms with Crippen molar-refractivity contribution in [3.8, 4) is 0 Å². The number of ether oxygens (including phenoxy) is 1. The van der Waals surface area contributed by atoms with Crippen molar-refractivity contribution in [2.75, 3.05) is 11.9 Å². The van der Waals surface area contributed by atoms with Crippen molar-refractivity contribution in [1.29, 1.82) is 0 Å². The number of allylic oxidation sites excluding steroid dienone is 2. The monoisotopic (exact) mass is 336 g/mol. The van der Waals surface area contributed by atoms with Crippen LogP contribution in [-0.4, -0.2) is 24.5 Å². The first-order valence-corrected chi connectivity index (χ1v) is 8.68. The minimum atomic E-state index is -0.471. The molecule has 1 amide bonds. The van der Waals surface area contributed by atoms with Gasteiger partial charge in [0, 0.05) is 16.9 Å². The smallest absolute Gasteiger partial charge is 0.333 e. The van der Waals surface area contributed by atoms with E-state index >= 15 is 0 Å². The molecule has 0 aromatic heterocycles. The third-order valence-electron chi connectivity index (χ3n) is 4.80. The molecule has 0 bridgehead atoms. The third-order valence-corrected chi connectivity index (χ3v) is 4.80. The van der Waals surface area contributed by atoms with E-state index in [-0.39, 0.29) is 11.9 Å². The van der Waals surface area contributed by atoms with Gasteiger partial charge in [0.15, 0.2) is 6.04 Å². The van der Waals surface area contributed by atoms with Crippen molar-refractivity contribution in [1.82, 2.24) is 5.32 Å². The lowest BCUT2D eigenvalue weighted by Crippen LogP contribution is -2.34. The minimum Gasteiger partial charge on any atom is -0.464 e. The molecule has 1 aromatic carbocycles. The van der Waals surface area contributed by atoms with Crippen LogP contribution in [0.5, 0.6) is 0 Å². The van der Waals surface area contributed by atoms with Crippen LogP contribution in [0, 0.1) is 0 Å². The van der Waals surface area contributed by atoms with E-state index in [1.54, 1.807) is 6.92 Å². The topological polar surface area (TPSA) is 67.4 Å². The van der Waals surface area contributed by atoms with Crippen molar-refractivity contribution in [2.45, 2.75) is 32.2 Å². The summed E-state index contributed by atoms with van der Waals surface area (Å²) in [6.45, 7) is 2.16. The fourth-order valence-electron chi connectivity index (χ4n) is 3.67. The summed E-state index contributed by atoms with van der Waals surface area (Å²) in [6, 6.07) is 7.17. The summed E-state index contributed by atoms with van der Waals surface area (Å²) in [7, 11) is 0. The summed E-state index contributed by atoms with van der Waals surface area (Å²) >= 11 is 0. The van der Waals surface area contributed by atoms with E-state index < -0.39 is 6.04 Å². The van der Waals surface area contributed by atoms with E-state index in [2.05, 4.69) is 16.7 Å². The van der Waals surface area contributed by atoms with Gasteiger partial charge in [-0.2, -0.15) is 0 Å². The summed E-state index contributed by atoms with van der Waals surface area (Å²) in [5, 5.41) is 6.16. The van der Waals surface area contributed by atoms with Gasteiger partial charge in [-0.3, -0.25) is 4.79 Å². The second-order valence-electron chi connectivity index (χ2n) is 6.33. The van der Waals surface area contributed by atoms with E-state index in [1.165, 1.54) is 0 Å². The Morgan fingerprint density at radius 3 is 3.04 bits per heavy atom. The first kappa shape index (κ1) is 15.7. The van der Waals surface area contributed by atoms with Gasteiger partial charge in [0.25, 0.3) is 5.91 Å². The molecule has 4 rings (SSSR count). The standard InChI is InChI=1S/C20H20N2O3/c1-2-25-20(24)18-14-9-4-3-7-12(14)17(21-18)11-15-13-8-5-6-10-16(13)22-19(15)23/h5-6,8-11,18,21H,2-4,7H2,1H3,(H,22,23)/b15-11-. The Balaban J connectivity index is 1.73. The lowest BCUT2D eigenvalue weighted by molar-refractivity contribution is -0.144. The normalized spacial score (nSPS) is 22.9. The van der Waals surface area contributed by atoms with Crippen LogP contribution in [0.1, 0.15) is 31.7 Å². The summed E-state index contributed by atoms with van der Waals surface area (Å²) in [6.07, 6.45) is 6.89. The van der Waals surface area contributed by atoms with E-state index in [4.69, 9.17) is 4.74 Å². The molecule has 0 saturated heterocycles. The largest absolute Gasteiger partial charge is 0.464 e. The molecule has 1 aliphatic carbocycles. The number of hydrogen-bond donors (Lipinski definition) is 2. The first-order chi connectivity index (χ1) is 12.2. The number of para-hydroxylation sites is 1. The van der Waals surface area contributed by atoms with E-state index in [0.717, 1.165) is 47.4 Å². The van der Waals surface area contributed by atoms with Crippen LogP contribution in [0.4, 0.5) is 5.69 Å². The first-order valence-electron chi connectivity index (χ1n) is 8.68. The van der Waals surface area contributed by atoms with Crippen molar-refractivity contribution in [3.63, 3.8) is 0 Å². The van der Waals surface area contributed by atoms with Gasteiger partial charge in [-0.05, 0) is 49.5 Å². The Morgan fingerprint density at radius 1 is 1.36 bits per heavy atom. The SMILES string of the molecule is CCOC(=O)C1NC(/C=C2\C(=O)Nc3ccccc32)=C2CCCC=C21. The number of carbonyl (C=O) groups excluding carboxylic acids is 2. The van der Waals surface area contributed by atoms with Crippen LogP contribution < -0.4 is 10.6 Å². The number of hydrogen-bond acceptors (Lipinski definition) is 4. The second kappa shape index (κ2) is 6.24. The number of carbonyl (C=O) groups is 2. The van der Waals surface area contributed by atoms with E-state index in [9.17, 15) is 9.59 Å². The zero-order valence-electron chi connectivity index (χ0n) is 14.1. The number of amides is 1. The van der Waals surface area contributed by atoms with Gasteiger partial charge in [0.1, 0.15) is 0 Å². The molecule has 5 heteroatoms. The highest BCUT2D eigenvalue weighted by Gasteiger charge is 2.36. The summed E-state index contributed by atoms with van der Waals surface area (Å²) < 4.78 is 5.20. The molecule has 25 heavy (non-hydrogen) atoms. The van der Waals surface area contributed by atoms with Crippen LogP contribution >= 0.6 is 0 Å². The van der Waals surface area contributed by atoms with Crippen LogP contribution in [0.2, 0.25) is 0 Å². The molecule has 2 heterocycles. The van der Waals surface area contributed by atoms with Gasteiger partial charge in [0.05, 0.1) is 12.2 Å². The molecule has 5 nitrogen and oxygen atoms in total. The molecule has 1 unspecified atom stereocenters. The van der Waals surface area contributed by atoms with Gasteiger partial charge >= 0.3 is 5.97 Å². The fraction of sp³-hybridized carbons (Fsp3) is 0.300. The predicted octanol–water partition coefficient (Wildman–Crippen LogP) is 2.92. The average Bonchev–Trinajstić information content (AvgIpc) is 3.14. The second-order valence-corrected chi connectivity index (χ2v) is 6.33. The van der Waals surface area contributed by atoms with Gasteiger partial charge in [-0.1, -0.05) is 24.3 Å². The van der Waals surface area contributed by atoms with Crippen molar-refractivity contribution in [2.24, 2.45) is 0 Å². The quantitative estimate of drug-likeness (QED) is 0.658. The molecule has 128 valence electrons. The number of esters is 1. The molecule has 0 radical (unpaired) electrons. The number of fused-ring (bicyclic) bond motifs is 2. The number of anilines is 1. The van der Waals surface area contributed by atoms with Crippen LogP contribution in [0.3, 0.4) is 0 Å². The number of rotatable bonds is 3. The van der Waals surface area contributed by atoms with Crippen LogP contribution in [0.25, 0.3) is 5.57 Å². The third kappa shape index (κ3) is 2.65. The maximum atomic E-state index is 12.4. The highest BCUT2D eigenvalue weighted by atomic mass is 16.5. The van der Waals surface area contributed by atoms with E-state index in [1.807, 2.05) is 30.3 Å². The molecule has 2 aliphatic heterocycles. The molecule has 1 aromatic rings. The maximum absolute atomic E-state index is 12.4. The summed E-state index contributed by atoms with van der Waals surface area (Å²) in [4.78, 5) is 24.7. The molecule has 0 spiro atoms.